The first-order valence-corrected chi connectivity index (χ1v) is 3.17. The molecule has 4 nitrogen and oxygen atoms in total. The number of rotatable bonds is 2. The summed E-state index contributed by atoms with van der Waals surface area (Å²) in [5, 5.41) is 20.0. The maximum atomic E-state index is 10.4. The SMILES string of the molecule is [2H]C(O)[C@H]1CN[C@H](C(=O)O)C1. The van der Waals surface area contributed by atoms with Crippen LogP contribution in [0.15, 0.2) is 0 Å². The van der Waals surface area contributed by atoms with Crippen LogP contribution in [0.3, 0.4) is 0 Å². The van der Waals surface area contributed by atoms with Gasteiger partial charge in [0.05, 0.1) is 1.37 Å². The molecule has 1 fully saturated rings. The molecule has 0 aromatic rings. The van der Waals surface area contributed by atoms with Crippen molar-refractivity contribution in [1.82, 2.24) is 5.32 Å². The Bertz CT molecular complexity index is 162. The van der Waals surface area contributed by atoms with Crippen LogP contribution in [-0.4, -0.2) is 35.4 Å². The third kappa shape index (κ3) is 1.46. The number of carboxylic acids is 1. The number of aliphatic hydroxyl groups is 1. The van der Waals surface area contributed by atoms with Crippen LogP contribution in [0.1, 0.15) is 7.79 Å². The van der Waals surface area contributed by atoms with Gasteiger partial charge in [-0.3, -0.25) is 4.79 Å². The number of aliphatic carboxylic acids is 1. The van der Waals surface area contributed by atoms with E-state index in [1.54, 1.807) is 0 Å². The van der Waals surface area contributed by atoms with Crippen molar-refractivity contribution in [2.45, 2.75) is 12.5 Å². The Morgan fingerprint density at radius 1 is 1.90 bits per heavy atom. The van der Waals surface area contributed by atoms with Gasteiger partial charge in [-0.05, 0) is 12.3 Å². The van der Waals surface area contributed by atoms with Crippen molar-refractivity contribution in [2.75, 3.05) is 13.1 Å². The molecular weight excluding hydrogens is 134 g/mol. The highest BCUT2D eigenvalue weighted by atomic mass is 16.4. The first kappa shape index (κ1) is 6.12. The van der Waals surface area contributed by atoms with E-state index in [0.29, 0.717) is 13.0 Å². The molecule has 1 saturated heterocycles. The fourth-order valence-corrected chi connectivity index (χ4v) is 1.06. The molecule has 1 rings (SSSR count). The largest absolute Gasteiger partial charge is 0.480 e. The summed E-state index contributed by atoms with van der Waals surface area (Å²) in [7, 11) is 0. The van der Waals surface area contributed by atoms with Gasteiger partial charge in [0.1, 0.15) is 6.04 Å². The van der Waals surface area contributed by atoms with Crippen molar-refractivity contribution in [3.8, 4) is 0 Å². The molecule has 0 aromatic carbocycles. The summed E-state index contributed by atoms with van der Waals surface area (Å²) in [6.45, 7) is -0.742. The van der Waals surface area contributed by atoms with Gasteiger partial charge in [-0.1, -0.05) is 0 Å². The topological polar surface area (TPSA) is 69.6 Å². The molecule has 3 atom stereocenters. The van der Waals surface area contributed by atoms with Crippen LogP contribution in [0.25, 0.3) is 0 Å². The predicted octanol–water partition coefficient (Wildman–Crippen LogP) is -0.959. The molecule has 0 amide bonds. The van der Waals surface area contributed by atoms with E-state index in [2.05, 4.69) is 5.32 Å². The summed E-state index contributed by atoms with van der Waals surface area (Å²) in [6.07, 6.45) is 0.347. The van der Waals surface area contributed by atoms with Gasteiger partial charge >= 0.3 is 5.97 Å². The van der Waals surface area contributed by atoms with Gasteiger partial charge in [0.2, 0.25) is 0 Å². The van der Waals surface area contributed by atoms with Crippen molar-refractivity contribution >= 4 is 5.97 Å². The first-order chi connectivity index (χ1) is 5.11. The van der Waals surface area contributed by atoms with Gasteiger partial charge in [0.25, 0.3) is 0 Å². The zero-order valence-corrected chi connectivity index (χ0v) is 5.45. The van der Waals surface area contributed by atoms with E-state index in [0.717, 1.165) is 0 Å². The first-order valence-electron chi connectivity index (χ1n) is 3.75. The Kier molecular flexibility index (Phi) is 1.83. The van der Waals surface area contributed by atoms with Crippen LogP contribution in [0.2, 0.25) is 0 Å². The molecule has 0 bridgehead atoms. The average molecular weight is 146 g/mol. The van der Waals surface area contributed by atoms with E-state index in [1.807, 2.05) is 0 Å². The van der Waals surface area contributed by atoms with Crippen molar-refractivity contribution in [1.29, 1.82) is 0 Å². The second-order valence-corrected chi connectivity index (χ2v) is 2.44. The van der Waals surface area contributed by atoms with Crippen molar-refractivity contribution in [2.24, 2.45) is 5.92 Å². The van der Waals surface area contributed by atoms with Gasteiger partial charge < -0.3 is 15.5 Å². The lowest BCUT2D eigenvalue weighted by Crippen LogP contribution is -2.29. The predicted molar refractivity (Wildman–Crippen MR) is 34.6 cm³/mol. The molecule has 0 aliphatic carbocycles. The Hall–Kier alpha value is -0.610. The molecule has 4 heteroatoms. The van der Waals surface area contributed by atoms with Crippen molar-refractivity contribution in [3.05, 3.63) is 0 Å². The zero-order valence-electron chi connectivity index (χ0n) is 6.45. The van der Waals surface area contributed by atoms with Crippen LogP contribution in [-0.2, 0) is 4.79 Å². The van der Waals surface area contributed by atoms with Gasteiger partial charge in [0, 0.05) is 13.1 Å². The molecule has 10 heavy (non-hydrogen) atoms. The number of carbonyl (C=O) groups is 1. The van der Waals surface area contributed by atoms with Gasteiger partial charge in [-0.2, -0.15) is 0 Å². The molecule has 1 aliphatic rings. The summed E-state index contributed by atoms with van der Waals surface area (Å²) >= 11 is 0. The molecule has 0 saturated carbocycles. The summed E-state index contributed by atoms with van der Waals surface area (Å²) in [6, 6.07) is -0.583. The van der Waals surface area contributed by atoms with E-state index in [1.165, 1.54) is 0 Å². The summed E-state index contributed by atoms with van der Waals surface area (Å²) < 4.78 is 6.93. The van der Waals surface area contributed by atoms with Gasteiger partial charge in [0.15, 0.2) is 0 Å². The third-order valence-electron chi connectivity index (χ3n) is 1.67. The van der Waals surface area contributed by atoms with Gasteiger partial charge in [-0.15, -0.1) is 0 Å². The molecule has 0 spiro atoms. The van der Waals surface area contributed by atoms with Crippen molar-refractivity contribution in [3.63, 3.8) is 0 Å². The minimum absolute atomic E-state index is 0.240. The summed E-state index contributed by atoms with van der Waals surface area (Å²) in [5.41, 5.74) is 0. The van der Waals surface area contributed by atoms with E-state index in [4.69, 9.17) is 11.6 Å². The second kappa shape index (κ2) is 2.98. The minimum atomic E-state index is -1.16. The molecule has 0 radical (unpaired) electrons. The molecule has 1 unspecified atom stereocenters. The highest BCUT2D eigenvalue weighted by Crippen LogP contribution is 2.12. The molecule has 3 N–H and O–H groups in total. The van der Waals surface area contributed by atoms with Crippen LogP contribution in [0.5, 0.6) is 0 Å². The zero-order chi connectivity index (χ0) is 8.43. The molecule has 0 aromatic heterocycles. The lowest BCUT2D eigenvalue weighted by atomic mass is 10.1. The smallest absolute Gasteiger partial charge is 0.320 e. The fourth-order valence-electron chi connectivity index (χ4n) is 1.06. The minimum Gasteiger partial charge on any atom is -0.480 e. The van der Waals surface area contributed by atoms with E-state index >= 15 is 0 Å². The van der Waals surface area contributed by atoms with Crippen LogP contribution in [0.4, 0.5) is 0 Å². The quantitative estimate of drug-likeness (QED) is 0.469. The van der Waals surface area contributed by atoms with Crippen LogP contribution >= 0.6 is 0 Å². The molecule has 1 aliphatic heterocycles. The van der Waals surface area contributed by atoms with E-state index in [9.17, 15) is 4.79 Å². The van der Waals surface area contributed by atoms with Crippen LogP contribution < -0.4 is 5.32 Å². The standard InChI is InChI=1S/C6H11NO3/c8-3-4-1-5(6(9)10)7-2-4/h4-5,7-8H,1-3H2,(H,9,10)/t4-,5+/m1/s1/i3D/t3?,4-,5+. The second-order valence-electron chi connectivity index (χ2n) is 2.44. The third-order valence-corrected chi connectivity index (χ3v) is 1.67. The Morgan fingerprint density at radius 3 is 2.90 bits per heavy atom. The highest BCUT2D eigenvalue weighted by Gasteiger charge is 2.28. The molecule has 58 valence electrons. The molecule has 1 heterocycles. The Balaban J connectivity index is 2.41. The normalized spacial score (nSPS) is 37.1. The number of nitrogens with one attached hydrogen (secondary N) is 1. The number of hydrogen-bond acceptors (Lipinski definition) is 3. The van der Waals surface area contributed by atoms with E-state index in [-0.39, 0.29) is 5.92 Å². The summed E-state index contributed by atoms with van der Waals surface area (Å²) in [4.78, 5) is 10.4. The number of aliphatic hydroxyl groups excluding tert-OH is 1. The molecular formula is C6H11NO3. The number of hydrogen-bond donors (Lipinski definition) is 3. The number of carboxylic acid groups (broad SMARTS) is 1. The average Bonchev–Trinajstić information content (AvgIpc) is 2.33. The maximum Gasteiger partial charge on any atom is 0.320 e. The Morgan fingerprint density at radius 2 is 2.60 bits per heavy atom. The highest BCUT2D eigenvalue weighted by molar-refractivity contribution is 5.73. The maximum absolute atomic E-state index is 10.4. The summed E-state index contributed by atoms with van der Waals surface area (Å²) in [5.74, 6) is -1.15. The fraction of sp³-hybridized carbons (Fsp3) is 0.833. The van der Waals surface area contributed by atoms with Gasteiger partial charge in [-0.25, -0.2) is 0 Å². The van der Waals surface area contributed by atoms with Crippen molar-refractivity contribution < 1.29 is 16.4 Å². The van der Waals surface area contributed by atoms with E-state index < -0.39 is 18.6 Å². The van der Waals surface area contributed by atoms with Crippen LogP contribution in [0, 0.1) is 5.92 Å². The monoisotopic (exact) mass is 146 g/mol. The lowest BCUT2D eigenvalue weighted by molar-refractivity contribution is -0.139. The lowest BCUT2D eigenvalue weighted by Gasteiger charge is -2.01. The Labute approximate surface area is 60.3 Å².